The molecular weight excluding hydrogens is 267 g/mol. The summed E-state index contributed by atoms with van der Waals surface area (Å²) in [6.45, 7) is 4.28. The van der Waals surface area contributed by atoms with E-state index in [0.717, 1.165) is 25.7 Å². The zero-order chi connectivity index (χ0) is 15.7. The van der Waals surface area contributed by atoms with Crippen molar-refractivity contribution in [2.45, 2.75) is 45.6 Å². The summed E-state index contributed by atoms with van der Waals surface area (Å²) in [4.78, 5) is 12.0. The fourth-order valence-electron chi connectivity index (χ4n) is 1.98. The minimum absolute atomic E-state index is 0.0869. The van der Waals surface area contributed by atoms with Gasteiger partial charge in [0.1, 0.15) is 5.82 Å². The normalized spacial score (nSPS) is 11.4. The number of nitrogens with two attached hydrogens (primary N) is 1. The third-order valence-corrected chi connectivity index (χ3v) is 3.17. The summed E-state index contributed by atoms with van der Waals surface area (Å²) in [6, 6.07) is 4.39. The van der Waals surface area contributed by atoms with E-state index in [0.29, 0.717) is 5.56 Å². The van der Waals surface area contributed by atoms with Crippen LogP contribution in [-0.2, 0) is 0 Å². The second-order valence-corrected chi connectivity index (χ2v) is 5.07. The van der Waals surface area contributed by atoms with Crippen LogP contribution in [0.1, 0.15) is 55.5 Å². The summed E-state index contributed by atoms with van der Waals surface area (Å²) in [7, 11) is 0. The van der Waals surface area contributed by atoms with Gasteiger partial charge in [-0.2, -0.15) is 0 Å². The summed E-state index contributed by atoms with van der Waals surface area (Å²) in [5.74, 6) is 4.47. The Morgan fingerprint density at radius 2 is 2.19 bits per heavy atom. The zero-order valence-corrected chi connectivity index (χ0v) is 12.7. The summed E-state index contributed by atoms with van der Waals surface area (Å²) in [5.41, 5.74) is 5.82. The Morgan fingerprint density at radius 3 is 2.81 bits per heavy atom. The topological polar surface area (TPSA) is 55.1 Å². The highest BCUT2D eigenvalue weighted by Crippen LogP contribution is 2.10. The van der Waals surface area contributed by atoms with Crippen LogP contribution in [0.25, 0.3) is 0 Å². The molecule has 0 aliphatic rings. The Balaban J connectivity index is 2.64. The van der Waals surface area contributed by atoms with Crippen molar-refractivity contribution in [2.24, 2.45) is 5.73 Å². The molecule has 1 unspecified atom stereocenters. The van der Waals surface area contributed by atoms with Crippen molar-refractivity contribution in [3.05, 3.63) is 35.1 Å². The number of hydrogen-bond donors (Lipinski definition) is 2. The van der Waals surface area contributed by atoms with Gasteiger partial charge in [-0.05, 0) is 31.5 Å². The maximum absolute atomic E-state index is 13.8. The molecule has 0 aliphatic carbocycles. The number of halogens is 1. The highest BCUT2D eigenvalue weighted by atomic mass is 19.1. The van der Waals surface area contributed by atoms with Gasteiger partial charge in [-0.1, -0.05) is 38.0 Å². The molecule has 1 aromatic rings. The van der Waals surface area contributed by atoms with Gasteiger partial charge >= 0.3 is 0 Å². The van der Waals surface area contributed by atoms with Crippen molar-refractivity contribution in [2.75, 3.05) is 6.54 Å². The predicted octanol–water partition coefficient (Wildman–Crippen LogP) is 2.83. The molecule has 3 nitrogen and oxygen atoms in total. The average Bonchev–Trinajstić information content (AvgIpc) is 2.46. The number of rotatable bonds is 6. The van der Waals surface area contributed by atoms with E-state index in [-0.39, 0.29) is 24.1 Å². The number of carbonyl (C=O) groups excluding carboxylic acids is 1. The van der Waals surface area contributed by atoms with Gasteiger partial charge in [-0.15, -0.1) is 0 Å². The van der Waals surface area contributed by atoms with Crippen LogP contribution in [0, 0.1) is 17.7 Å². The van der Waals surface area contributed by atoms with Crippen LogP contribution in [0.3, 0.4) is 0 Å². The van der Waals surface area contributed by atoms with Gasteiger partial charge in [0.25, 0.3) is 5.91 Å². The molecule has 0 bridgehead atoms. The Bertz CT molecular complexity index is 531. The van der Waals surface area contributed by atoms with Crippen LogP contribution in [0.4, 0.5) is 4.39 Å². The quantitative estimate of drug-likeness (QED) is 0.625. The molecule has 114 valence electrons. The molecule has 0 heterocycles. The molecular formula is C17H23FN2O. The third-order valence-electron chi connectivity index (χ3n) is 3.17. The number of carbonyl (C=O) groups is 1. The molecule has 0 saturated heterocycles. The van der Waals surface area contributed by atoms with Crippen molar-refractivity contribution in [1.29, 1.82) is 0 Å². The van der Waals surface area contributed by atoms with Crippen molar-refractivity contribution in [3.8, 4) is 11.8 Å². The lowest BCUT2D eigenvalue weighted by molar-refractivity contribution is 0.0937. The molecule has 0 fully saturated rings. The first-order valence-corrected chi connectivity index (χ1v) is 7.37. The molecule has 1 aromatic carbocycles. The lowest BCUT2D eigenvalue weighted by atomic mass is 10.1. The minimum Gasteiger partial charge on any atom is -0.350 e. The number of benzene rings is 1. The summed E-state index contributed by atoms with van der Waals surface area (Å²) in [5, 5.41) is 2.88. The van der Waals surface area contributed by atoms with Gasteiger partial charge < -0.3 is 11.1 Å². The van der Waals surface area contributed by atoms with Gasteiger partial charge in [0.15, 0.2) is 0 Å². The molecule has 1 atom stereocenters. The summed E-state index contributed by atoms with van der Waals surface area (Å²) < 4.78 is 13.8. The Morgan fingerprint density at radius 1 is 1.43 bits per heavy atom. The molecule has 3 N–H and O–H groups in total. The van der Waals surface area contributed by atoms with Crippen LogP contribution in [0.5, 0.6) is 0 Å². The van der Waals surface area contributed by atoms with Crippen LogP contribution < -0.4 is 11.1 Å². The van der Waals surface area contributed by atoms with E-state index in [4.69, 9.17) is 5.73 Å². The van der Waals surface area contributed by atoms with E-state index in [2.05, 4.69) is 24.1 Å². The fraction of sp³-hybridized carbons (Fsp3) is 0.471. The van der Waals surface area contributed by atoms with Crippen molar-refractivity contribution in [3.63, 3.8) is 0 Å². The monoisotopic (exact) mass is 290 g/mol. The molecule has 0 aliphatic heterocycles. The first-order valence-electron chi connectivity index (χ1n) is 7.37. The van der Waals surface area contributed by atoms with Gasteiger partial charge in [-0.3, -0.25) is 4.79 Å². The third kappa shape index (κ3) is 5.97. The summed E-state index contributed by atoms with van der Waals surface area (Å²) in [6.07, 6.45) is 4.32. The largest absolute Gasteiger partial charge is 0.350 e. The zero-order valence-electron chi connectivity index (χ0n) is 12.7. The Labute approximate surface area is 126 Å². The minimum atomic E-state index is -0.498. The smallest absolute Gasteiger partial charge is 0.251 e. The molecule has 0 saturated carbocycles. The van der Waals surface area contributed by atoms with Crippen molar-refractivity contribution >= 4 is 5.91 Å². The van der Waals surface area contributed by atoms with Crippen molar-refractivity contribution < 1.29 is 9.18 Å². The standard InChI is InChI=1S/C17H23FN2O/c1-3-4-5-7-13(2)20-17(21)15-10-9-14(8-6-11-19)16(18)12-15/h9-10,12-13H,3-5,7,11,19H2,1-2H3,(H,20,21). The fourth-order valence-corrected chi connectivity index (χ4v) is 1.98. The lowest BCUT2D eigenvalue weighted by Gasteiger charge is -2.13. The second kappa shape index (κ2) is 9.15. The Hall–Kier alpha value is -1.86. The van der Waals surface area contributed by atoms with Crippen LogP contribution in [-0.4, -0.2) is 18.5 Å². The van der Waals surface area contributed by atoms with Gasteiger partial charge in [0.05, 0.1) is 12.1 Å². The number of hydrogen-bond acceptors (Lipinski definition) is 2. The highest BCUT2D eigenvalue weighted by molar-refractivity contribution is 5.94. The highest BCUT2D eigenvalue weighted by Gasteiger charge is 2.11. The first kappa shape index (κ1) is 17.2. The number of unbranched alkanes of at least 4 members (excludes halogenated alkanes) is 2. The van der Waals surface area contributed by atoms with Crippen LogP contribution in [0.15, 0.2) is 18.2 Å². The molecule has 21 heavy (non-hydrogen) atoms. The molecule has 4 heteroatoms. The van der Waals surface area contributed by atoms with Crippen molar-refractivity contribution in [1.82, 2.24) is 5.32 Å². The first-order chi connectivity index (χ1) is 10.1. The molecule has 1 rings (SSSR count). The van der Waals surface area contributed by atoms with E-state index < -0.39 is 5.82 Å². The van der Waals surface area contributed by atoms with E-state index in [9.17, 15) is 9.18 Å². The molecule has 0 spiro atoms. The summed E-state index contributed by atoms with van der Waals surface area (Å²) >= 11 is 0. The lowest BCUT2D eigenvalue weighted by Crippen LogP contribution is -2.32. The molecule has 0 radical (unpaired) electrons. The SMILES string of the molecule is CCCCCC(C)NC(=O)c1ccc(C#CCN)c(F)c1. The Kier molecular flexibility index (Phi) is 7.49. The maximum atomic E-state index is 13.8. The average molecular weight is 290 g/mol. The number of nitrogens with one attached hydrogen (secondary N) is 1. The van der Waals surface area contributed by atoms with Crippen LogP contribution in [0.2, 0.25) is 0 Å². The van der Waals surface area contributed by atoms with E-state index in [1.807, 2.05) is 6.92 Å². The maximum Gasteiger partial charge on any atom is 0.251 e. The van der Waals surface area contributed by atoms with E-state index >= 15 is 0 Å². The second-order valence-electron chi connectivity index (χ2n) is 5.07. The predicted molar refractivity (Wildman–Crippen MR) is 83.4 cm³/mol. The molecule has 0 aromatic heterocycles. The van der Waals surface area contributed by atoms with Gasteiger partial charge in [0.2, 0.25) is 0 Å². The van der Waals surface area contributed by atoms with E-state index in [1.165, 1.54) is 12.1 Å². The van der Waals surface area contributed by atoms with Gasteiger partial charge in [-0.25, -0.2) is 4.39 Å². The van der Waals surface area contributed by atoms with E-state index in [1.54, 1.807) is 6.07 Å². The molecule has 1 amide bonds. The number of amides is 1. The van der Waals surface area contributed by atoms with Crippen LogP contribution >= 0.6 is 0 Å². The van der Waals surface area contributed by atoms with Gasteiger partial charge in [0, 0.05) is 11.6 Å².